The molecule has 0 aliphatic carbocycles. The number of benzene rings is 1. The van der Waals surface area contributed by atoms with E-state index in [2.05, 4.69) is 55.6 Å². The lowest BCUT2D eigenvalue weighted by molar-refractivity contribution is -0.225. The second-order valence-corrected chi connectivity index (χ2v) is 12.7. The van der Waals surface area contributed by atoms with Gasteiger partial charge in [0.2, 0.25) is 0 Å². The van der Waals surface area contributed by atoms with Gasteiger partial charge < -0.3 is 13.9 Å². The van der Waals surface area contributed by atoms with Crippen molar-refractivity contribution in [2.75, 3.05) is 12.4 Å². The van der Waals surface area contributed by atoms with Crippen LogP contribution in [0, 0.1) is 5.92 Å². The molecule has 2 fully saturated rings. The van der Waals surface area contributed by atoms with Crippen LogP contribution in [0.15, 0.2) is 47.4 Å². The highest BCUT2D eigenvalue weighted by Gasteiger charge is 2.49. The predicted octanol–water partition coefficient (Wildman–Crippen LogP) is 5.10. The van der Waals surface area contributed by atoms with Gasteiger partial charge in [0, 0.05) is 23.7 Å². The van der Waals surface area contributed by atoms with Crippen molar-refractivity contribution in [3.05, 3.63) is 42.5 Å². The van der Waals surface area contributed by atoms with E-state index < -0.39 is 8.32 Å². The highest BCUT2D eigenvalue weighted by molar-refractivity contribution is 7.99. The zero-order chi connectivity index (χ0) is 17.7. The van der Waals surface area contributed by atoms with Gasteiger partial charge in [0.1, 0.15) is 0 Å². The number of thioether (sulfide) groups is 1. The third kappa shape index (κ3) is 5.44. The van der Waals surface area contributed by atoms with Crippen LogP contribution < -0.4 is 0 Å². The molecule has 2 heterocycles. The van der Waals surface area contributed by atoms with Gasteiger partial charge in [0.05, 0.1) is 12.2 Å². The first kappa shape index (κ1) is 19.2. The van der Waals surface area contributed by atoms with Gasteiger partial charge in [0.25, 0.3) is 0 Å². The van der Waals surface area contributed by atoms with Crippen molar-refractivity contribution in [1.82, 2.24) is 0 Å². The van der Waals surface area contributed by atoms with Crippen LogP contribution in [0.3, 0.4) is 0 Å². The number of hydrogen-bond donors (Lipinski definition) is 0. The first-order valence-corrected chi connectivity index (χ1v) is 13.5. The molecule has 0 aromatic heterocycles. The minimum absolute atomic E-state index is 0.0603. The minimum atomic E-state index is -1.52. The molecule has 0 saturated carbocycles. The first-order chi connectivity index (χ1) is 12.1. The third-order valence-corrected chi connectivity index (χ3v) is 8.22. The molecule has 0 spiro atoms. The standard InChI is InChI=1S/C20H30O3SSi/c1-4-21-19-14-16-15-25(2,3)23-20(16)18(22-19)12-8-9-13-24-17-10-6-5-7-11-17/h5-11,16,18-20H,4,12-15H2,1-3H3/b9-8+/t16-,18-,19+,20+/m1/s1. The van der Waals surface area contributed by atoms with Gasteiger partial charge in [-0.25, -0.2) is 0 Å². The molecule has 2 aliphatic heterocycles. The van der Waals surface area contributed by atoms with Crippen LogP contribution in [-0.2, 0) is 13.9 Å². The Morgan fingerprint density at radius 1 is 1.24 bits per heavy atom. The summed E-state index contributed by atoms with van der Waals surface area (Å²) >= 11 is 1.86. The molecule has 5 heteroatoms. The Labute approximate surface area is 157 Å². The second kappa shape index (κ2) is 8.87. The fourth-order valence-corrected chi connectivity index (χ4v) is 7.49. The highest BCUT2D eigenvalue weighted by Crippen LogP contribution is 2.42. The van der Waals surface area contributed by atoms with Crippen LogP contribution in [0.4, 0.5) is 0 Å². The molecule has 4 atom stereocenters. The van der Waals surface area contributed by atoms with Crippen molar-refractivity contribution in [2.24, 2.45) is 5.92 Å². The molecule has 138 valence electrons. The van der Waals surface area contributed by atoms with Gasteiger partial charge in [0.15, 0.2) is 14.6 Å². The monoisotopic (exact) mass is 378 g/mol. The average molecular weight is 379 g/mol. The van der Waals surface area contributed by atoms with Crippen LogP contribution in [-0.4, -0.2) is 39.2 Å². The van der Waals surface area contributed by atoms with Crippen LogP contribution in [0.1, 0.15) is 19.8 Å². The summed E-state index contributed by atoms with van der Waals surface area (Å²) in [6, 6.07) is 11.8. The van der Waals surface area contributed by atoms with Gasteiger partial charge in [-0.15, -0.1) is 11.8 Å². The predicted molar refractivity (Wildman–Crippen MR) is 106 cm³/mol. The van der Waals surface area contributed by atoms with Crippen molar-refractivity contribution in [3.8, 4) is 0 Å². The lowest BCUT2D eigenvalue weighted by Gasteiger charge is -2.37. The molecule has 3 nitrogen and oxygen atoms in total. The highest BCUT2D eigenvalue weighted by atomic mass is 32.2. The maximum Gasteiger partial charge on any atom is 0.187 e. The Morgan fingerprint density at radius 3 is 2.80 bits per heavy atom. The van der Waals surface area contributed by atoms with Crippen LogP contribution >= 0.6 is 11.8 Å². The van der Waals surface area contributed by atoms with Crippen LogP contribution in [0.25, 0.3) is 0 Å². The summed E-state index contributed by atoms with van der Waals surface area (Å²) < 4.78 is 18.4. The zero-order valence-corrected chi connectivity index (χ0v) is 17.3. The molecule has 0 unspecified atom stereocenters. The summed E-state index contributed by atoms with van der Waals surface area (Å²) in [7, 11) is -1.52. The summed E-state index contributed by atoms with van der Waals surface area (Å²) in [6.45, 7) is 7.39. The lowest BCUT2D eigenvalue weighted by Crippen LogP contribution is -2.44. The van der Waals surface area contributed by atoms with Crippen LogP contribution in [0.2, 0.25) is 19.1 Å². The Hall–Kier alpha value is -0.593. The summed E-state index contributed by atoms with van der Waals surface area (Å²) in [4.78, 5) is 1.31. The molecule has 0 amide bonds. The normalized spacial score (nSPS) is 31.3. The fraction of sp³-hybridized carbons (Fsp3) is 0.600. The lowest BCUT2D eigenvalue weighted by atomic mass is 9.91. The Morgan fingerprint density at radius 2 is 2.04 bits per heavy atom. The smallest absolute Gasteiger partial charge is 0.187 e. The number of ether oxygens (including phenoxy) is 2. The second-order valence-electron chi connectivity index (χ2n) is 7.43. The zero-order valence-electron chi connectivity index (χ0n) is 15.5. The van der Waals surface area contributed by atoms with Gasteiger partial charge in [-0.05, 0) is 50.5 Å². The third-order valence-electron chi connectivity index (χ3n) is 4.84. The Kier molecular flexibility index (Phi) is 6.80. The largest absolute Gasteiger partial charge is 0.412 e. The first-order valence-electron chi connectivity index (χ1n) is 9.35. The maximum atomic E-state index is 6.44. The SMILES string of the molecule is CCO[C@@H]1C[C@@H]2C[Si](C)(C)O[C@@H]2[C@@H](C/C=C/CSc2ccccc2)O1. The molecule has 25 heavy (non-hydrogen) atoms. The van der Waals surface area contributed by atoms with Gasteiger partial charge in [-0.2, -0.15) is 0 Å². The summed E-state index contributed by atoms with van der Waals surface area (Å²) in [5, 5.41) is 0. The molecule has 2 aliphatic rings. The van der Waals surface area contributed by atoms with E-state index in [9.17, 15) is 0 Å². The maximum absolute atomic E-state index is 6.44. The van der Waals surface area contributed by atoms with E-state index in [1.54, 1.807) is 0 Å². The summed E-state index contributed by atoms with van der Waals surface area (Å²) in [5.41, 5.74) is 0. The average Bonchev–Trinajstić information content (AvgIpc) is 2.90. The summed E-state index contributed by atoms with van der Waals surface area (Å²) in [5.74, 6) is 1.59. The topological polar surface area (TPSA) is 27.7 Å². The van der Waals surface area contributed by atoms with Crippen molar-refractivity contribution in [3.63, 3.8) is 0 Å². The Bertz CT molecular complexity index is 563. The van der Waals surface area contributed by atoms with Gasteiger partial charge >= 0.3 is 0 Å². The minimum Gasteiger partial charge on any atom is -0.412 e. The van der Waals surface area contributed by atoms with E-state index in [1.165, 1.54) is 10.9 Å². The van der Waals surface area contributed by atoms with E-state index in [0.717, 1.165) is 18.6 Å². The molecule has 0 radical (unpaired) electrons. The van der Waals surface area contributed by atoms with E-state index in [0.29, 0.717) is 12.5 Å². The van der Waals surface area contributed by atoms with E-state index >= 15 is 0 Å². The van der Waals surface area contributed by atoms with Crippen molar-refractivity contribution in [2.45, 2.75) is 62.3 Å². The van der Waals surface area contributed by atoms with Crippen LogP contribution in [0.5, 0.6) is 0 Å². The Balaban J connectivity index is 1.52. The molecule has 1 aromatic rings. The number of rotatable bonds is 7. The fourth-order valence-electron chi connectivity index (χ4n) is 3.87. The van der Waals surface area contributed by atoms with E-state index in [4.69, 9.17) is 13.9 Å². The van der Waals surface area contributed by atoms with E-state index in [-0.39, 0.29) is 18.5 Å². The van der Waals surface area contributed by atoms with Gasteiger partial charge in [-0.1, -0.05) is 30.4 Å². The molecule has 2 saturated heterocycles. The van der Waals surface area contributed by atoms with Crippen molar-refractivity contribution < 1.29 is 13.9 Å². The molecule has 0 bridgehead atoms. The molecule has 3 rings (SSSR count). The molecule has 0 N–H and O–H groups in total. The summed E-state index contributed by atoms with van der Waals surface area (Å²) in [6.07, 6.45) is 6.71. The van der Waals surface area contributed by atoms with E-state index in [1.807, 2.05) is 18.7 Å². The molecular formula is C20H30O3SSi. The molecule has 1 aromatic carbocycles. The molecular weight excluding hydrogens is 348 g/mol. The van der Waals surface area contributed by atoms with Gasteiger partial charge in [-0.3, -0.25) is 0 Å². The quantitative estimate of drug-likeness (QED) is 0.375. The van der Waals surface area contributed by atoms with Crippen molar-refractivity contribution in [1.29, 1.82) is 0 Å². The number of hydrogen-bond acceptors (Lipinski definition) is 4. The number of fused-ring (bicyclic) bond motifs is 1. The van der Waals surface area contributed by atoms with Crippen molar-refractivity contribution >= 4 is 20.1 Å².